The number of hydrogen-bond acceptors (Lipinski definition) is 3. The second-order valence-corrected chi connectivity index (χ2v) is 10.1. The number of hydrogen-bond donors (Lipinski definition) is 0. The molecule has 0 spiro atoms. The van der Waals surface area contributed by atoms with Gasteiger partial charge in [0.25, 0.3) is 0 Å². The Bertz CT molecular complexity index is 923. The molecule has 0 amide bonds. The van der Waals surface area contributed by atoms with Crippen molar-refractivity contribution >= 4 is 10.1 Å². The summed E-state index contributed by atoms with van der Waals surface area (Å²) in [5.74, 6) is 0.570. The van der Waals surface area contributed by atoms with Crippen LogP contribution in [-0.2, 0) is 14.3 Å². The van der Waals surface area contributed by atoms with E-state index in [1.807, 2.05) is 13.8 Å². The highest BCUT2D eigenvalue weighted by Gasteiger charge is 2.19. The summed E-state index contributed by atoms with van der Waals surface area (Å²) in [4.78, 5) is 0.196. The minimum atomic E-state index is -3.84. The lowest BCUT2D eigenvalue weighted by molar-refractivity contribution is 0.383. The van der Waals surface area contributed by atoms with Gasteiger partial charge in [-0.05, 0) is 98.3 Å². The minimum absolute atomic E-state index is 0.196. The maximum absolute atomic E-state index is 12.9. The predicted octanol–water partition coefficient (Wildman–Crippen LogP) is 8.19. The Labute approximate surface area is 190 Å². The largest absolute Gasteiger partial charge is 0.384 e. The van der Waals surface area contributed by atoms with Crippen molar-refractivity contribution in [3.63, 3.8) is 0 Å². The molecule has 0 radical (unpaired) electrons. The van der Waals surface area contributed by atoms with E-state index in [2.05, 4.69) is 52.8 Å². The molecule has 4 heteroatoms. The molecule has 31 heavy (non-hydrogen) atoms. The minimum Gasteiger partial charge on any atom is -0.384 e. The number of allylic oxidation sites excluding steroid dienone is 8. The average Bonchev–Trinajstić information content (AvgIpc) is 2.70. The first-order chi connectivity index (χ1) is 14.5. The van der Waals surface area contributed by atoms with Crippen molar-refractivity contribution in [2.24, 2.45) is 0 Å². The Morgan fingerprint density at radius 3 is 2.03 bits per heavy atom. The molecule has 0 bridgehead atoms. The normalized spacial score (nSPS) is 13.6. The summed E-state index contributed by atoms with van der Waals surface area (Å²) >= 11 is 0. The summed E-state index contributed by atoms with van der Waals surface area (Å²) < 4.78 is 31.4. The molecule has 0 aliphatic rings. The van der Waals surface area contributed by atoms with Gasteiger partial charge in [0, 0.05) is 6.42 Å². The maximum atomic E-state index is 12.9. The van der Waals surface area contributed by atoms with Crippen LogP contribution in [0.1, 0.15) is 85.6 Å². The topological polar surface area (TPSA) is 43.4 Å². The van der Waals surface area contributed by atoms with Crippen molar-refractivity contribution in [1.82, 2.24) is 0 Å². The van der Waals surface area contributed by atoms with Crippen LogP contribution in [0.4, 0.5) is 0 Å². The molecule has 1 aromatic rings. The molecule has 1 aromatic carbocycles. The standard InChI is InChI=1S/C27H40O3S/c1-8-22(4)12-10-13-23(5)17-20-27(25(7)14-9-11-21(2)3)30-31(28,29)26-18-15-24(6)16-19-26/h8,11,13,15-16,18-19H,9-10,12,14,17,20H2,1-7H3/b22-8+,23-13+,27-25+. The molecule has 172 valence electrons. The lowest BCUT2D eigenvalue weighted by Crippen LogP contribution is -2.08. The van der Waals surface area contributed by atoms with Crippen LogP contribution >= 0.6 is 0 Å². The van der Waals surface area contributed by atoms with E-state index in [0.29, 0.717) is 12.2 Å². The smallest absolute Gasteiger partial charge is 0.338 e. The van der Waals surface area contributed by atoms with E-state index in [-0.39, 0.29) is 4.90 Å². The summed E-state index contributed by atoms with van der Waals surface area (Å²) in [5, 5.41) is 0. The van der Waals surface area contributed by atoms with Gasteiger partial charge in [0.15, 0.2) is 0 Å². The molecular weight excluding hydrogens is 404 g/mol. The van der Waals surface area contributed by atoms with E-state index in [1.54, 1.807) is 24.3 Å². The van der Waals surface area contributed by atoms with Crippen molar-refractivity contribution in [3.8, 4) is 0 Å². The van der Waals surface area contributed by atoms with Crippen LogP contribution in [0.2, 0.25) is 0 Å². The highest BCUT2D eigenvalue weighted by Crippen LogP contribution is 2.25. The molecule has 1 rings (SSSR count). The van der Waals surface area contributed by atoms with Crippen LogP contribution < -0.4 is 0 Å². The van der Waals surface area contributed by atoms with Crippen molar-refractivity contribution in [1.29, 1.82) is 0 Å². The fourth-order valence-corrected chi connectivity index (χ4v) is 4.09. The van der Waals surface area contributed by atoms with Crippen molar-refractivity contribution in [2.45, 2.75) is 91.9 Å². The summed E-state index contributed by atoms with van der Waals surface area (Å²) in [6.07, 6.45) is 11.6. The number of aryl methyl sites for hydroxylation is 1. The van der Waals surface area contributed by atoms with Gasteiger partial charge in [0.1, 0.15) is 10.7 Å². The van der Waals surface area contributed by atoms with Crippen molar-refractivity contribution < 1.29 is 12.6 Å². The van der Waals surface area contributed by atoms with Gasteiger partial charge in [-0.15, -0.1) is 0 Å². The van der Waals surface area contributed by atoms with Gasteiger partial charge in [-0.1, -0.05) is 52.6 Å². The Kier molecular flexibility index (Phi) is 11.6. The van der Waals surface area contributed by atoms with Gasteiger partial charge in [-0.3, -0.25) is 0 Å². The van der Waals surface area contributed by atoms with E-state index < -0.39 is 10.1 Å². The van der Waals surface area contributed by atoms with Crippen LogP contribution in [0.3, 0.4) is 0 Å². The van der Waals surface area contributed by atoms with E-state index in [1.165, 1.54) is 16.7 Å². The Hall–Kier alpha value is -2.07. The third-order valence-corrected chi connectivity index (χ3v) is 6.61. The average molecular weight is 445 g/mol. The van der Waals surface area contributed by atoms with Gasteiger partial charge < -0.3 is 4.18 Å². The SMILES string of the molecule is C/C=C(\C)CC/C=C(\C)CC/C(OS(=O)(=O)c1ccc(C)cc1)=C(/C)CCC=C(C)C. The summed E-state index contributed by atoms with van der Waals surface area (Å²) in [6, 6.07) is 6.80. The molecular formula is C27H40O3S. The van der Waals surface area contributed by atoms with Crippen molar-refractivity contribution in [2.75, 3.05) is 0 Å². The number of rotatable bonds is 12. The lowest BCUT2D eigenvalue weighted by atomic mass is 10.0. The highest BCUT2D eigenvalue weighted by atomic mass is 32.2. The zero-order valence-corrected chi connectivity index (χ0v) is 21.2. The second-order valence-electron chi connectivity index (χ2n) is 8.60. The second kappa shape index (κ2) is 13.4. The fraction of sp³-hybridized carbons (Fsp3) is 0.481. The molecule has 0 atom stereocenters. The van der Waals surface area contributed by atoms with E-state index in [4.69, 9.17) is 4.18 Å². The number of benzene rings is 1. The van der Waals surface area contributed by atoms with Gasteiger partial charge in [-0.2, -0.15) is 8.42 Å². The molecule has 0 N–H and O–H groups in total. The van der Waals surface area contributed by atoms with Gasteiger partial charge in [0.05, 0.1) is 0 Å². The van der Waals surface area contributed by atoms with E-state index >= 15 is 0 Å². The molecule has 0 unspecified atom stereocenters. The molecule has 0 aliphatic carbocycles. The van der Waals surface area contributed by atoms with Gasteiger partial charge in [0.2, 0.25) is 0 Å². The fourth-order valence-electron chi connectivity index (χ4n) is 3.03. The molecule has 0 aliphatic heterocycles. The van der Waals surface area contributed by atoms with Crippen molar-refractivity contribution in [3.05, 3.63) is 76.1 Å². The Morgan fingerprint density at radius 2 is 1.45 bits per heavy atom. The molecule has 0 fully saturated rings. The summed E-state index contributed by atoms with van der Waals surface area (Å²) in [6.45, 7) is 14.4. The molecule has 0 saturated carbocycles. The van der Waals surface area contributed by atoms with Gasteiger partial charge >= 0.3 is 10.1 Å². The van der Waals surface area contributed by atoms with E-state index in [0.717, 1.165) is 43.2 Å². The molecule has 3 nitrogen and oxygen atoms in total. The van der Waals surface area contributed by atoms with Crippen LogP contribution in [-0.4, -0.2) is 8.42 Å². The first-order valence-corrected chi connectivity index (χ1v) is 12.6. The maximum Gasteiger partial charge on any atom is 0.338 e. The summed E-state index contributed by atoms with van der Waals surface area (Å²) in [7, 11) is -3.84. The summed E-state index contributed by atoms with van der Waals surface area (Å²) in [5.41, 5.74) is 5.91. The zero-order chi connectivity index (χ0) is 23.4. The molecule has 0 aromatic heterocycles. The Morgan fingerprint density at radius 1 is 0.839 bits per heavy atom. The predicted molar refractivity (Wildman–Crippen MR) is 132 cm³/mol. The van der Waals surface area contributed by atoms with Crippen LogP contribution in [0.25, 0.3) is 0 Å². The zero-order valence-electron chi connectivity index (χ0n) is 20.4. The van der Waals surface area contributed by atoms with Crippen LogP contribution in [0.15, 0.2) is 75.4 Å². The first kappa shape index (κ1) is 27.0. The third-order valence-electron chi connectivity index (χ3n) is 5.34. The third kappa shape index (κ3) is 10.7. The first-order valence-electron chi connectivity index (χ1n) is 11.2. The molecule has 0 saturated heterocycles. The lowest BCUT2D eigenvalue weighted by Gasteiger charge is -2.15. The quantitative estimate of drug-likeness (QED) is 0.185. The van der Waals surface area contributed by atoms with Gasteiger partial charge in [-0.25, -0.2) is 0 Å². The monoisotopic (exact) mass is 444 g/mol. The van der Waals surface area contributed by atoms with Crippen LogP contribution in [0, 0.1) is 6.92 Å². The Balaban J connectivity index is 2.99. The highest BCUT2D eigenvalue weighted by molar-refractivity contribution is 7.86. The van der Waals surface area contributed by atoms with Crippen LogP contribution in [0.5, 0.6) is 0 Å². The molecule has 0 heterocycles. The van der Waals surface area contributed by atoms with E-state index in [9.17, 15) is 8.42 Å².